The fourth-order valence-electron chi connectivity index (χ4n) is 2.70. The first-order chi connectivity index (χ1) is 10.0. The lowest BCUT2D eigenvalue weighted by Gasteiger charge is -2.34. The molecule has 0 amide bonds. The maximum atomic E-state index is 6.02. The van der Waals surface area contributed by atoms with Crippen LogP contribution in [-0.4, -0.2) is 45.4 Å². The summed E-state index contributed by atoms with van der Waals surface area (Å²) in [6.45, 7) is 7.94. The van der Waals surface area contributed by atoms with Crippen molar-refractivity contribution in [1.29, 1.82) is 0 Å². The lowest BCUT2D eigenvalue weighted by molar-refractivity contribution is 0.166. The summed E-state index contributed by atoms with van der Waals surface area (Å²) in [7, 11) is 4.85. The molecule has 0 aliphatic rings. The average Bonchev–Trinajstić information content (AvgIpc) is 2.50. The van der Waals surface area contributed by atoms with Crippen LogP contribution < -0.4 is 19.9 Å². The molecular formula is C16H28N2O3. The molecular weight excluding hydrogens is 268 g/mol. The van der Waals surface area contributed by atoms with Crippen molar-refractivity contribution >= 4 is 0 Å². The summed E-state index contributed by atoms with van der Waals surface area (Å²) in [6.07, 6.45) is 0. The van der Waals surface area contributed by atoms with Crippen LogP contribution in [-0.2, 0) is 0 Å². The molecule has 0 bridgehead atoms. The third-order valence-electron chi connectivity index (χ3n) is 3.72. The molecule has 0 saturated heterocycles. The summed E-state index contributed by atoms with van der Waals surface area (Å²) in [5.74, 6) is 1.92. The SMILES string of the molecule is CCN(C(C)C)C(CN)c1cc(OC)c(OC)c(OC)c1. The van der Waals surface area contributed by atoms with Crippen LogP contribution in [0, 0.1) is 0 Å². The van der Waals surface area contributed by atoms with Gasteiger partial charge < -0.3 is 19.9 Å². The molecule has 5 heteroatoms. The number of hydrogen-bond donors (Lipinski definition) is 1. The Bertz CT molecular complexity index is 424. The summed E-state index contributed by atoms with van der Waals surface area (Å²) in [5.41, 5.74) is 7.09. The molecule has 1 unspecified atom stereocenters. The zero-order chi connectivity index (χ0) is 16.0. The van der Waals surface area contributed by atoms with Crippen LogP contribution in [0.2, 0.25) is 0 Å². The second kappa shape index (κ2) is 8.10. The van der Waals surface area contributed by atoms with Crippen LogP contribution in [0.5, 0.6) is 17.2 Å². The van der Waals surface area contributed by atoms with Crippen molar-refractivity contribution in [2.24, 2.45) is 5.73 Å². The predicted octanol–water partition coefficient (Wildman–Crippen LogP) is 2.44. The van der Waals surface area contributed by atoms with Gasteiger partial charge in [0.25, 0.3) is 0 Å². The molecule has 0 heterocycles. The van der Waals surface area contributed by atoms with Crippen LogP contribution in [0.4, 0.5) is 0 Å². The lowest BCUT2D eigenvalue weighted by Crippen LogP contribution is -2.38. The number of nitrogens with two attached hydrogens (primary N) is 1. The number of benzene rings is 1. The van der Waals surface area contributed by atoms with E-state index in [0.717, 1.165) is 12.1 Å². The minimum absolute atomic E-state index is 0.115. The zero-order valence-electron chi connectivity index (χ0n) is 14.0. The van der Waals surface area contributed by atoms with Crippen LogP contribution >= 0.6 is 0 Å². The van der Waals surface area contributed by atoms with Gasteiger partial charge in [-0.3, -0.25) is 4.90 Å². The Hall–Kier alpha value is -1.46. The van der Waals surface area contributed by atoms with E-state index in [1.807, 2.05) is 12.1 Å². The smallest absolute Gasteiger partial charge is 0.203 e. The average molecular weight is 296 g/mol. The first-order valence-corrected chi connectivity index (χ1v) is 7.29. The summed E-state index contributed by atoms with van der Waals surface area (Å²) in [4.78, 5) is 2.35. The quantitative estimate of drug-likeness (QED) is 0.798. The standard InChI is InChI=1S/C16H28N2O3/c1-7-18(11(2)3)13(10-17)12-8-14(19-4)16(21-6)15(9-12)20-5/h8-9,11,13H,7,10,17H2,1-6H3. The normalized spacial score (nSPS) is 12.6. The summed E-state index contributed by atoms with van der Waals surface area (Å²) in [5, 5.41) is 0. The Kier molecular flexibility index (Phi) is 6.78. The van der Waals surface area contributed by atoms with Crippen LogP contribution in [0.3, 0.4) is 0 Å². The second-order valence-electron chi connectivity index (χ2n) is 5.13. The van der Waals surface area contributed by atoms with Crippen LogP contribution in [0.25, 0.3) is 0 Å². The third kappa shape index (κ3) is 3.80. The van der Waals surface area contributed by atoms with Gasteiger partial charge in [0, 0.05) is 18.6 Å². The van der Waals surface area contributed by atoms with Crippen molar-refractivity contribution in [2.45, 2.75) is 32.9 Å². The molecule has 5 nitrogen and oxygen atoms in total. The molecule has 0 fully saturated rings. The molecule has 2 N–H and O–H groups in total. The Labute approximate surface area is 128 Å². The van der Waals surface area contributed by atoms with E-state index in [1.165, 1.54) is 0 Å². The van der Waals surface area contributed by atoms with E-state index in [0.29, 0.717) is 29.8 Å². The van der Waals surface area contributed by atoms with Gasteiger partial charge in [0.1, 0.15) is 0 Å². The van der Waals surface area contributed by atoms with E-state index < -0.39 is 0 Å². The van der Waals surface area contributed by atoms with Gasteiger partial charge in [-0.25, -0.2) is 0 Å². The van der Waals surface area contributed by atoms with Gasteiger partial charge in [-0.2, -0.15) is 0 Å². The number of rotatable bonds is 8. The topological polar surface area (TPSA) is 57.0 Å². The molecule has 0 aliphatic carbocycles. The fourth-order valence-corrected chi connectivity index (χ4v) is 2.70. The first-order valence-electron chi connectivity index (χ1n) is 7.29. The zero-order valence-corrected chi connectivity index (χ0v) is 14.0. The van der Waals surface area contributed by atoms with Crippen molar-refractivity contribution in [3.05, 3.63) is 17.7 Å². The molecule has 120 valence electrons. The van der Waals surface area contributed by atoms with Crippen LogP contribution in [0.15, 0.2) is 12.1 Å². The first kappa shape index (κ1) is 17.6. The van der Waals surface area contributed by atoms with Gasteiger partial charge in [0.05, 0.1) is 21.3 Å². The summed E-state index contributed by atoms with van der Waals surface area (Å²) < 4.78 is 16.2. The van der Waals surface area contributed by atoms with Crippen molar-refractivity contribution in [2.75, 3.05) is 34.4 Å². The Morgan fingerprint density at radius 1 is 1.05 bits per heavy atom. The van der Waals surface area contributed by atoms with Crippen LogP contribution in [0.1, 0.15) is 32.4 Å². The van der Waals surface area contributed by atoms with Gasteiger partial charge in [0.2, 0.25) is 5.75 Å². The molecule has 0 aliphatic heterocycles. The van der Waals surface area contributed by atoms with Crippen molar-refractivity contribution in [1.82, 2.24) is 4.90 Å². The van der Waals surface area contributed by atoms with E-state index in [-0.39, 0.29) is 6.04 Å². The number of hydrogen-bond acceptors (Lipinski definition) is 5. The van der Waals surface area contributed by atoms with E-state index in [4.69, 9.17) is 19.9 Å². The molecule has 0 spiro atoms. The molecule has 0 aromatic heterocycles. The van der Waals surface area contributed by atoms with Gasteiger partial charge in [-0.15, -0.1) is 0 Å². The van der Waals surface area contributed by atoms with Crippen molar-refractivity contribution < 1.29 is 14.2 Å². The number of likely N-dealkylation sites (N-methyl/N-ethyl adjacent to an activating group) is 1. The highest BCUT2D eigenvalue weighted by atomic mass is 16.5. The summed E-state index contributed by atoms with van der Waals surface area (Å²) in [6, 6.07) is 4.47. The molecule has 1 rings (SSSR count). The molecule has 1 aromatic rings. The molecule has 1 aromatic carbocycles. The predicted molar refractivity (Wildman–Crippen MR) is 85.4 cm³/mol. The molecule has 21 heavy (non-hydrogen) atoms. The Balaban J connectivity index is 3.33. The lowest BCUT2D eigenvalue weighted by atomic mass is 10.0. The Morgan fingerprint density at radius 3 is 1.86 bits per heavy atom. The van der Waals surface area contributed by atoms with Gasteiger partial charge in [-0.05, 0) is 38.1 Å². The summed E-state index contributed by atoms with van der Waals surface area (Å²) >= 11 is 0. The highest BCUT2D eigenvalue weighted by molar-refractivity contribution is 5.54. The maximum absolute atomic E-state index is 6.02. The molecule has 0 saturated carbocycles. The second-order valence-corrected chi connectivity index (χ2v) is 5.13. The number of methoxy groups -OCH3 is 3. The maximum Gasteiger partial charge on any atom is 0.203 e. The van der Waals surface area contributed by atoms with E-state index in [1.54, 1.807) is 21.3 Å². The monoisotopic (exact) mass is 296 g/mol. The largest absolute Gasteiger partial charge is 0.493 e. The van der Waals surface area contributed by atoms with Gasteiger partial charge in [0.15, 0.2) is 11.5 Å². The highest BCUT2D eigenvalue weighted by Crippen LogP contribution is 2.40. The van der Waals surface area contributed by atoms with E-state index in [9.17, 15) is 0 Å². The molecule has 0 radical (unpaired) electrons. The van der Waals surface area contributed by atoms with Gasteiger partial charge >= 0.3 is 0 Å². The minimum Gasteiger partial charge on any atom is -0.493 e. The van der Waals surface area contributed by atoms with E-state index in [2.05, 4.69) is 25.7 Å². The van der Waals surface area contributed by atoms with Crippen molar-refractivity contribution in [3.63, 3.8) is 0 Å². The fraction of sp³-hybridized carbons (Fsp3) is 0.625. The molecule has 1 atom stereocenters. The Morgan fingerprint density at radius 2 is 1.57 bits per heavy atom. The van der Waals surface area contributed by atoms with E-state index >= 15 is 0 Å². The minimum atomic E-state index is 0.115. The highest BCUT2D eigenvalue weighted by Gasteiger charge is 2.23. The number of nitrogens with zero attached hydrogens (tertiary/aromatic N) is 1. The number of ether oxygens (including phenoxy) is 3. The third-order valence-corrected chi connectivity index (χ3v) is 3.72. The van der Waals surface area contributed by atoms with Crippen molar-refractivity contribution in [3.8, 4) is 17.2 Å². The van der Waals surface area contributed by atoms with Gasteiger partial charge in [-0.1, -0.05) is 6.92 Å².